The van der Waals surface area contributed by atoms with Crippen molar-refractivity contribution < 1.29 is 13.9 Å². The second-order valence-corrected chi connectivity index (χ2v) is 9.71. The fourth-order valence-corrected chi connectivity index (χ4v) is 4.81. The number of carbonyl (C=O) groups excluding carboxylic acids is 1. The highest BCUT2D eigenvalue weighted by Gasteiger charge is 2.23. The van der Waals surface area contributed by atoms with Crippen LogP contribution in [0.15, 0.2) is 41.5 Å². The molecule has 2 aliphatic heterocycles. The largest absolute Gasteiger partial charge is 0.474 e. The summed E-state index contributed by atoms with van der Waals surface area (Å²) in [5.41, 5.74) is 2.59. The quantitative estimate of drug-likeness (QED) is 0.390. The lowest BCUT2D eigenvalue weighted by Gasteiger charge is -2.38. The molecule has 1 fully saturated rings. The van der Waals surface area contributed by atoms with Gasteiger partial charge in [0.05, 0.1) is 23.3 Å². The van der Waals surface area contributed by atoms with E-state index >= 15 is 4.39 Å². The number of H-pyrrole nitrogens is 1. The van der Waals surface area contributed by atoms with E-state index in [1.54, 1.807) is 24.4 Å². The Morgan fingerprint density at radius 1 is 1.16 bits per heavy atom. The molecule has 0 radical (unpaired) electrons. The van der Waals surface area contributed by atoms with Crippen molar-refractivity contribution in [1.29, 1.82) is 0 Å². The number of aromatic nitrogens is 2. The van der Waals surface area contributed by atoms with Crippen LogP contribution in [0.25, 0.3) is 0 Å². The number of benzene rings is 1. The van der Waals surface area contributed by atoms with Crippen LogP contribution in [0.5, 0.6) is 5.88 Å². The van der Waals surface area contributed by atoms with Crippen LogP contribution in [0.2, 0.25) is 0 Å². The Kier molecular flexibility index (Phi) is 7.19. The average Bonchev–Trinajstić information content (AvgIpc) is 2.90. The van der Waals surface area contributed by atoms with Gasteiger partial charge in [-0.15, -0.1) is 0 Å². The number of rotatable bonds is 6. The van der Waals surface area contributed by atoms with Gasteiger partial charge in [-0.1, -0.05) is 0 Å². The lowest BCUT2D eigenvalue weighted by atomic mass is 10.1. The van der Waals surface area contributed by atoms with Crippen molar-refractivity contribution in [3.05, 3.63) is 64.0 Å². The topological polar surface area (TPSA) is 115 Å². The number of aromatic amines is 1. The Balaban J connectivity index is 1.33. The van der Waals surface area contributed by atoms with Crippen LogP contribution in [0, 0.1) is 12.7 Å². The summed E-state index contributed by atoms with van der Waals surface area (Å²) in [7, 11) is 0. The van der Waals surface area contributed by atoms with E-state index in [-0.39, 0.29) is 11.3 Å². The Morgan fingerprint density at radius 3 is 2.68 bits per heavy atom. The minimum atomic E-state index is -0.655. The number of nitrogens with zero attached hydrogens (tertiary/aromatic N) is 3. The van der Waals surface area contributed by atoms with E-state index in [0.717, 1.165) is 37.4 Å². The smallest absolute Gasteiger partial charge is 0.263 e. The number of halogens is 1. The van der Waals surface area contributed by atoms with Gasteiger partial charge in [-0.25, -0.2) is 9.37 Å². The molecule has 1 saturated heterocycles. The van der Waals surface area contributed by atoms with Crippen molar-refractivity contribution in [2.24, 2.45) is 0 Å². The Morgan fingerprint density at radius 2 is 1.95 bits per heavy atom. The van der Waals surface area contributed by atoms with Crippen molar-refractivity contribution in [2.45, 2.75) is 26.8 Å². The summed E-state index contributed by atoms with van der Waals surface area (Å²) < 4.78 is 20.6. The van der Waals surface area contributed by atoms with Gasteiger partial charge >= 0.3 is 0 Å². The number of nitrogens with one attached hydrogen (secondary N) is 4. The fraction of sp³-hybridized carbons (Fsp3) is 0.370. The Bertz CT molecular complexity index is 1400. The number of ether oxygens (including phenoxy) is 1. The van der Waals surface area contributed by atoms with Crippen molar-refractivity contribution in [3.8, 4) is 5.88 Å². The number of fused-ring (bicyclic) bond motifs is 1. The third kappa shape index (κ3) is 5.14. The van der Waals surface area contributed by atoms with Crippen molar-refractivity contribution >= 4 is 34.3 Å². The maximum atomic E-state index is 15.1. The summed E-state index contributed by atoms with van der Waals surface area (Å²) in [6, 6.07) is 6.66. The summed E-state index contributed by atoms with van der Waals surface area (Å²) >= 11 is 0. The molecule has 3 aromatic rings. The second-order valence-electron chi connectivity index (χ2n) is 9.71. The maximum Gasteiger partial charge on any atom is 0.263 e. The normalized spacial score (nSPS) is 15.4. The van der Waals surface area contributed by atoms with E-state index in [1.165, 1.54) is 12.3 Å². The van der Waals surface area contributed by atoms with Gasteiger partial charge in [-0.05, 0) is 45.0 Å². The zero-order chi connectivity index (χ0) is 26.8. The molecule has 2 aliphatic rings. The predicted molar refractivity (Wildman–Crippen MR) is 147 cm³/mol. The molecule has 4 heterocycles. The number of amides is 1. The van der Waals surface area contributed by atoms with Crippen molar-refractivity contribution in [2.75, 3.05) is 60.2 Å². The van der Waals surface area contributed by atoms with Gasteiger partial charge in [-0.2, -0.15) is 0 Å². The first-order valence-electron chi connectivity index (χ1n) is 12.8. The molecular formula is C27H32FN7O3. The third-order valence-electron chi connectivity index (χ3n) is 6.99. The summed E-state index contributed by atoms with van der Waals surface area (Å²) in [4.78, 5) is 37.1. The molecule has 1 aromatic carbocycles. The van der Waals surface area contributed by atoms with E-state index in [1.807, 2.05) is 11.8 Å². The zero-order valence-electron chi connectivity index (χ0n) is 21.7. The highest BCUT2D eigenvalue weighted by Crippen LogP contribution is 2.34. The Hall–Kier alpha value is -4.12. The van der Waals surface area contributed by atoms with E-state index in [4.69, 9.17) is 4.74 Å². The maximum absolute atomic E-state index is 15.1. The molecule has 38 heavy (non-hydrogen) atoms. The lowest BCUT2D eigenvalue weighted by molar-refractivity contribution is 0.102. The van der Waals surface area contributed by atoms with E-state index in [0.29, 0.717) is 42.1 Å². The fourth-order valence-electron chi connectivity index (χ4n) is 4.81. The summed E-state index contributed by atoms with van der Waals surface area (Å²) in [5.74, 6) is -0.570. The van der Waals surface area contributed by atoms with Gasteiger partial charge in [0.25, 0.3) is 11.5 Å². The highest BCUT2D eigenvalue weighted by molar-refractivity contribution is 6.08. The van der Waals surface area contributed by atoms with Crippen LogP contribution in [0.3, 0.4) is 0 Å². The van der Waals surface area contributed by atoms with Gasteiger partial charge in [0.1, 0.15) is 23.7 Å². The van der Waals surface area contributed by atoms with Crippen LogP contribution in [0.4, 0.5) is 32.8 Å². The first kappa shape index (κ1) is 25.5. The Labute approximate surface area is 220 Å². The van der Waals surface area contributed by atoms with Crippen LogP contribution in [-0.4, -0.2) is 66.1 Å². The molecule has 2 aromatic heterocycles. The lowest BCUT2D eigenvalue weighted by Crippen LogP contribution is -2.49. The van der Waals surface area contributed by atoms with Crippen molar-refractivity contribution in [3.63, 3.8) is 0 Å². The van der Waals surface area contributed by atoms with Crippen LogP contribution < -0.4 is 31.1 Å². The molecule has 0 saturated carbocycles. The number of carbonyl (C=O) groups is 1. The number of hydrogen-bond donors (Lipinski definition) is 4. The second kappa shape index (κ2) is 10.7. The number of anilines is 5. The van der Waals surface area contributed by atoms with Gasteiger partial charge < -0.3 is 30.6 Å². The molecule has 0 unspecified atom stereocenters. The zero-order valence-corrected chi connectivity index (χ0v) is 21.7. The van der Waals surface area contributed by atoms with E-state index < -0.39 is 17.3 Å². The van der Waals surface area contributed by atoms with Crippen molar-refractivity contribution in [1.82, 2.24) is 14.9 Å². The molecule has 11 heteroatoms. The SMILES string of the molecule is Cc1c(Nc2cc[nH]c(=O)c2C(=O)Nc2ccc(N3CCN(C(C)C)CC3)c(F)c2)cnc2c1NCCO2. The minimum absolute atomic E-state index is 0.122. The molecule has 4 N–H and O–H groups in total. The van der Waals surface area contributed by atoms with Crippen LogP contribution in [-0.2, 0) is 0 Å². The molecule has 1 amide bonds. The predicted octanol–water partition coefficient (Wildman–Crippen LogP) is 3.55. The molecule has 10 nitrogen and oxygen atoms in total. The minimum Gasteiger partial charge on any atom is -0.474 e. The molecule has 0 spiro atoms. The number of piperazine rings is 1. The third-order valence-corrected chi connectivity index (χ3v) is 6.99. The number of hydrogen-bond acceptors (Lipinski definition) is 8. The van der Waals surface area contributed by atoms with Crippen LogP contribution in [0.1, 0.15) is 29.8 Å². The monoisotopic (exact) mass is 521 g/mol. The van der Waals surface area contributed by atoms with Gasteiger partial charge in [0, 0.05) is 56.2 Å². The molecule has 0 atom stereocenters. The van der Waals surface area contributed by atoms with Gasteiger partial charge in [0.15, 0.2) is 0 Å². The van der Waals surface area contributed by atoms with Crippen LogP contribution >= 0.6 is 0 Å². The average molecular weight is 522 g/mol. The number of pyridine rings is 2. The van der Waals surface area contributed by atoms with Gasteiger partial charge in [-0.3, -0.25) is 14.5 Å². The van der Waals surface area contributed by atoms with E-state index in [2.05, 4.69) is 44.7 Å². The highest BCUT2D eigenvalue weighted by atomic mass is 19.1. The van der Waals surface area contributed by atoms with Gasteiger partial charge in [0.2, 0.25) is 5.88 Å². The van der Waals surface area contributed by atoms with E-state index in [9.17, 15) is 9.59 Å². The summed E-state index contributed by atoms with van der Waals surface area (Å²) in [6.07, 6.45) is 3.05. The first-order valence-corrected chi connectivity index (χ1v) is 12.8. The first-order chi connectivity index (χ1) is 18.3. The molecule has 0 bridgehead atoms. The molecule has 5 rings (SSSR count). The summed E-state index contributed by atoms with van der Waals surface area (Å²) in [6.45, 7) is 10.6. The molecule has 200 valence electrons. The standard InChI is InChI=1S/C27H32FN7O3/c1-16(2)34-9-11-35(12-10-34)22-5-4-18(14-19(22)28)32-26(37)23-20(6-7-30-25(23)36)33-21-15-31-27-24(17(21)3)29-8-13-38-27/h4-7,14-16,29H,8-13H2,1-3H3,(H,32,37)(H2,30,33,36). The summed E-state index contributed by atoms with van der Waals surface area (Å²) in [5, 5.41) is 9.08. The molecular weight excluding hydrogens is 489 g/mol. The molecule has 0 aliphatic carbocycles.